The topological polar surface area (TPSA) is 125 Å². The highest BCUT2D eigenvalue weighted by atomic mass is 32.2. The molecule has 0 bridgehead atoms. The zero-order valence-electron chi connectivity index (χ0n) is 16.1. The van der Waals surface area contributed by atoms with Gasteiger partial charge in [0.2, 0.25) is 0 Å². The van der Waals surface area contributed by atoms with E-state index in [2.05, 4.69) is 5.32 Å². The van der Waals surface area contributed by atoms with Gasteiger partial charge in [-0.3, -0.25) is 14.9 Å². The van der Waals surface area contributed by atoms with Crippen LogP contribution in [0.1, 0.15) is 29.8 Å². The fourth-order valence-electron chi connectivity index (χ4n) is 3.04. The quantitative estimate of drug-likeness (QED) is 0.562. The minimum absolute atomic E-state index is 0.000444. The van der Waals surface area contributed by atoms with Crippen LogP contribution in [0.3, 0.4) is 0 Å². The number of nitrogens with one attached hydrogen (secondary N) is 1. The molecule has 0 radical (unpaired) electrons. The first-order valence-corrected chi connectivity index (χ1v) is 10.7. The Balaban J connectivity index is 1.99. The number of carbonyl (C=O) groups excluding carboxylic acids is 1. The Kier molecular flexibility index (Phi) is 5.47. The van der Waals surface area contributed by atoms with Crippen molar-refractivity contribution in [2.45, 2.75) is 31.3 Å². The molecule has 2 aromatic carbocycles. The van der Waals surface area contributed by atoms with Crippen LogP contribution in [-0.2, 0) is 16.3 Å². The van der Waals surface area contributed by atoms with Gasteiger partial charge >= 0.3 is 0 Å². The van der Waals surface area contributed by atoms with Crippen LogP contribution in [0, 0.1) is 10.1 Å². The third kappa shape index (κ3) is 4.48. The van der Waals surface area contributed by atoms with E-state index in [9.17, 15) is 23.3 Å². The average Bonchev–Trinajstić information content (AvgIpc) is 2.99. The summed E-state index contributed by atoms with van der Waals surface area (Å²) >= 11 is 0. The van der Waals surface area contributed by atoms with Crippen LogP contribution in [0.2, 0.25) is 0 Å². The van der Waals surface area contributed by atoms with E-state index >= 15 is 0 Å². The van der Waals surface area contributed by atoms with E-state index < -0.39 is 26.4 Å². The van der Waals surface area contributed by atoms with Crippen molar-refractivity contribution >= 4 is 27.1 Å². The largest absolute Gasteiger partial charge is 0.492 e. The van der Waals surface area contributed by atoms with Crippen LogP contribution >= 0.6 is 0 Å². The number of carbonyl (C=O) groups is 1. The second-order valence-electron chi connectivity index (χ2n) is 6.72. The van der Waals surface area contributed by atoms with E-state index in [4.69, 9.17) is 9.47 Å². The lowest BCUT2D eigenvalue weighted by Gasteiger charge is -2.14. The number of anilines is 1. The molecule has 0 fully saturated rings. The van der Waals surface area contributed by atoms with Gasteiger partial charge in [0.15, 0.2) is 9.84 Å². The number of hydrogen-bond donors (Lipinski definition) is 1. The number of benzene rings is 2. The van der Waals surface area contributed by atoms with E-state index in [0.29, 0.717) is 30.2 Å². The van der Waals surface area contributed by atoms with E-state index in [1.807, 2.05) is 6.92 Å². The van der Waals surface area contributed by atoms with Crippen LogP contribution in [0.5, 0.6) is 11.5 Å². The Morgan fingerprint density at radius 1 is 1.31 bits per heavy atom. The fraction of sp³-hybridized carbons (Fsp3) is 0.316. The average molecular weight is 420 g/mol. The molecule has 1 heterocycles. The predicted molar refractivity (Wildman–Crippen MR) is 106 cm³/mol. The number of hydrogen-bond acceptors (Lipinski definition) is 7. The summed E-state index contributed by atoms with van der Waals surface area (Å²) in [7, 11) is -3.75. The molecule has 0 aliphatic carbocycles. The molecule has 0 saturated carbocycles. The molecule has 1 aliphatic rings. The predicted octanol–water partition coefficient (Wildman–Crippen LogP) is 2.97. The summed E-state index contributed by atoms with van der Waals surface area (Å²) in [5.74, 6) is 0.351. The highest BCUT2D eigenvalue weighted by molar-refractivity contribution is 7.90. The Labute approximate surface area is 167 Å². The molecule has 2 aromatic rings. The smallest absolute Gasteiger partial charge is 0.271 e. The Bertz CT molecular complexity index is 1100. The maximum Gasteiger partial charge on any atom is 0.271 e. The molecule has 154 valence electrons. The molecule has 1 amide bonds. The Morgan fingerprint density at radius 2 is 2.03 bits per heavy atom. The number of fused-ring (bicyclic) bond motifs is 1. The molecule has 1 unspecified atom stereocenters. The summed E-state index contributed by atoms with van der Waals surface area (Å²) in [4.78, 5) is 22.9. The van der Waals surface area contributed by atoms with Gasteiger partial charge in [-0.05, 0) is 26.0 Å². The first kappa shape index (κ1) is 20.6. The first-order valence-electron chi connectivity index (χ1n) is 8.85. The standard InChI is InChI=1S/C19H20N2O7S/c1-4-27-18-8-12-5-11(2)28-17(12)10-16(18)20-19(22)13-6-14(21(23)24)9-15(7-13)29(3,25)26/h6-11H,4-5H2,1-3H3,(H,20,22). The highest BCUT2D eigenvalue weighted by Crippen LogP contribution is 2.38. The van der Waals surface area contributed by atoms with Gasteiger partial charge in [0.25, 0.3) is 11.6 Å². The van der Waals surface area contributed by atoms with Crippen molar-refractivity contribution in [1.29, 1.82) is 0 Å². The number of nitro groups is 1. The minimum atomic E-state index is -3.75. The number of nitrogens with zero attached hydrogens (tertiary/aromatic N) is 1. The molecule has 0 spiro atoms. The summed E-state index contributed by atoms with van der Waals surface area (Å²) in [6.07, 6.45) is 1.63. The molecule has 1 N–H and O–H groups in total. The van der Waals surface area contributed by atoms with Crippen molar-refractivity contribution in [2.75, 3.05) is 18.2 Å². The summed E-state index contributed by atoms with van der Waals surface area (Å²) in [6.45, 7) is 4.10. The van der Waals surface area contributed by atoms with Crippen LogP contribution in [0.15, 0.2) is 35.2 Å². The number of sulfone groups is 1. The zero-order valence-corrected chi connectivity index (χ0v) is 16.9. The van der Waals surface area contributed by atoms with Crippen LogP contribution in [-0.4, -0.2) is 38.2 Å². The van der Waals surface area contributed by atoms with Gasteiger partial charge in [0, 0.05) is 42.0 Å². The number of non-ortho nitro benzene ring substituents is 1. The number of amides is 1. The second kappa shape index (κ2) is 7.70. The van der Waals surface area contributed by atoms with Gasteiger partial charge in [0.1, 0.15) is 17.6 Å². The van der Waals surface area contributed by atoms with Crippen molar-refractivity contribution < 1.29 is 27.6 Å². The third-order valence-corrected chi connectivity index (χ3v) is 5.43. The molecular weight excluding hydrogens is 400 g/mol. The summed E-state index contributed by atoms with van der Waals surface area (Å²) in [5.41, 5.74) is 0.636. The molecular formula is C19H20N2O7S. The van der Waals surface area contributed by atoms with Gasteiger partial charge < -0.3 is 14.8 Å². The maximum absolute atomic E-state index is 12.8. The number of nitro benzene ring substituents is 1. The molecule has 29 heavy (non-hydrogen) atoms. The molecule has 3 rings (SSSR count). The molecule has 0 aromatic heterocycles. The molecule has 10 heteroatoms. The van der Waals surface area contributed by atoms with Gasteiger partial charge in [-0.2, -0.15) is 0 Å². The lowest BCUT2D eigenvalue weighted by atomic mass is 10.1. The second-order valence-corrected chi connectivity index (χ2v) is 8.74. The van der Waals surface area contributed by atoms with Crippen LogP contribution < -0.4 is 14.8 Å². The van der Waals surface area contributed by atoms with Gasteiger partial charge in [-0.15, -0.1) is 0 Å². The molecule has 1 atom stereocenters. The monoisotopic (exact) mass is 420 g/mol. The van der Waals surface area contributed by atoms with Gasteiger partial charge in [0.05, 0.1) is 22.1 Å². The summed E-state index contributed by atoms with van der Waals surface area (Å²) in [5, 5.41) is 13.8. The summed E-state index contributed by atoms with van der Waals surface area (Å²) in [6, 6.07) is 6.46. The Morgan fingerprint density at radius 3 is 2.66 bits per heavy atom. The minimum Gasteiger partial charge on any atom is -0.492 e. The van der Waals surface area contributed by atoms with Crippen molar-refractivity contribution in [3.63, 3.8) is 0 Å². The van der Waals surface area contributed by atoms with Crippen LogP contribution in [0.4, 0.5) is 11.4 Å². The number of ether oxygens (including phenoxy) is 2. The molecule has 0 saturated heterocycles. The van der Waals surface area contributed by atoms with E-state index in [-0.39, 0.29) is 16.6 Å². The van der Waals surface area contributed by atoms with Crippen molar-refractivity contribution in [3.05, 3.63) is 51.6 Å². The SMILES string of the molecule is CCOc1cc2c(cc1NC(=O)c1cc([N+](=O)[O-])cc(S(C)(=O)=O)c1)OC(C)C2. The lowest BCUT2D eigenvalue weighted by molar-refractivity contribution is -0.385. The van der Waals surface area contributed by atoms with Crippen molar-refractivity contribution in [1.82, 2.24) is 0 Å². The third-order valence-electron chi connectivity index (χ3n) is 4.34. The molecule has 9 nitrogen and oxygen atoms in total. The van der Waals surface area contributed by atoms with Crippen LogP contribution in [0.25, 0.3) is 0 Å². The zero-order chi connectivity index (χ0) is 21.3. The van der Waals surface area contributed by atoms with Crippen molar-refractivity contribution in [2.24, 2.45) is 0 Å². The highest BCUT2D eigenvalue weighted by Gasteiger charge is 2.24. The summed E-state index contributed by atoms with van der Waals surface area (Å²) < 4.78 is 35.0. The lowest BCUT2D eigenvalue weighted by Crippen LogP contribution is -2.14. The van der Waals surface area contributed by atoms with E-state index in [1.54, 1.807) is 19.1 Å². The van der Waals surface area contributed by atoms with Crippen molar-refractivity contribution in [3.8, 4) is 11.5 Å². The maximum atomic E-state index is 12.8. The number of rotatable bonds is 6. The Hall–Kier alpha value is -3.14. The van der Waals surface area contributed by atoms with E-state index in [0.717, 1.165) is 30.0 Å². The fourth-order valence-corrected chi connectivity index (χ4v) is 3.72. The van der Waals surface area contributed by atoms with E-state index in [1.165, 1.54) is 0 Å². The van der Waals surface area contributed by atoms with Gasteiger partial charge in [-0.1, -0.05) is 0 Å². The first-order chi connectivity index (χ1) is 13.6. The van der Waals surface area contributed by atoms with Gasteiger partial charge in [-0.25, -0.2) is 8.42 Å². The normalized spacial score (nSPS) is 15.3. The molecule has 1 aliphatic heterocycles.